The summed E-state index contributed by atoms with van der Waals surface area (Å²) in [6.07, 6.45) is 10.1. The van der Waals surface area contributed by atoms with E-state index in [-0.39, 0.29) is 5.56 Å². The smallest absolute Gasteiger partial charge is 0.344 e. The van der Waals surface area contributed by atoms with Crippen LogP contribution in [0.3, 0.4) is 0 Å². The number of carbonyl (C=O) groups is 1. The highest BCUT2D eigenvalue weighted by Crippen LogP contribution is 2.29. The molecule has 0 unspecified atom stereocenters. The number of allylic oxidation sites excluding steroid dienone is 5. The Kier molecular flexibility index (Phi) is 3.28. The summed E-state index contributed by atoms with van der Waals surface area (Å²) < 4.78 is 9.52. The average Bonchev–Trinajstić information content (AvgIpc) is 2.81. The molecule has 1 aromatic heterocycles. The van der Waals surface area contributed by atoms with E-state index in [1.807, 2.05) is 19.1 Å². The maximum absolute atomic E-state index is 11.7. The fourth-order valence-electron chi connectivity index (χ4n) is 1.79. The molecule has 92 valence electrons. The van der Waals surface area contributed by atoms with E-state index < -0.39 is 11.6 Å². The molecule has 1 heterocycles. The standard InChI is InChI=1S/C14H12O4/c1-3-4-5-9-6-7-10-11(13(15)17-2)8-18-14(16)12(9)10/h3-8H,1-2H3/b4-3-,9-5+. The Morgan fingerprint density at radius 3 is 2.83 bits per heavy atom. The third-order valence-corrected chi connectivity index (χ3v) is 2.64. The molecule has 0 amide bonds. The summed E-state index contributed by atoms with van der Waals surface area (Å²) >= 11 is 0. The van der Waals surface area contributed by atoms with Crippen molar-refractivity contribution < 1.29 is 13.9 Å². The van der Waals surface area contributed by atoms with Crippen molar-refractivity contribution in [2.24, 2.45) is 0 Å². The Balaban J connectivity index is 2.63. The number of ether oxygens (including phenoxy) is 1. The fraction of sp³-hybridized carbons (Fsp3) is 0.143. The van der Waals surface area contributed by atoms with Gasteiger partial charge < -0.3 is 9.15 Å². The number of esters is 1. The molecule has 0 saturated heterocycles. The van der Waals surface area contributed by atoms with E-state index in [0.717, 1.165) is 11.8 Å². The maximum Gasteiger partial charge on any atom is 0.344 e. The van der Waals surface area contributed by atoms with Gasteiger partial charge in [0.25, 0.3) is 0 Å². The number of methoxy groups -OCH3 is 1. The van der Waals surface area contributed by atoms with Crippen molar-refractivity contribution in [3.05, 3.63) is 57.7 Å². The molecule has 2 rings (SSSR count). The minimum atomic E-state index is -0.521. The van der Waals surface area contributed by atoms with E-state index in [1.54, 1.807) is 18.2 Å². The van der Waals surface area contributed by atoms with Gasteiger partial charge in [-0.3, -0.25) is 0 Å². The van der Waals surface area contributed by atoms with Crippen LogP contribution in [0.4, 0.5) is 0 Å². The first-order chi connectivity index (χ1) is 8.69. The normalized spacial score (nSPS) is 15.3. The van der Waals surface area contributed by atoms with Crippen LogP contribution in [-0.2, 0) is 4.74 Å². The van der Waals surface area contributed by atoms with Crippen molar-refractivity contribution in [2.75, 3.05) is 7.11 Å². The largest absolute Gasteiger partial charge is 0.465 e. The lowest BCUT2D eigenvalue weighted by Gasteiger charge is -2.04. The zero-order valence-corrected chi connectivity index (χ0v) is 10.1. The molecule has 0 spiro atoms. The van der Waals surface area contributed by atoms with Gasteiger partial charge in [-0.1, -0.05) is 30.4 Å². The molecule has 0 saturated carbocycles. The molecule has 0 N–H and O–H groups in total. The second-order valence-corrected chi connectivity index (χ2v) is 3.70. The Labute approximate surface area is 104 Å². The summed E-state index contributed by atoms with van der Waals surface area (Å²) in [4.78, 5) is 23.3. The van der Waals surface area contributed by atoms with Gasteiger partial charge in [-0.2, -0.15) is 0 Å². The minimum absolute atomic E-state index is 0.257. The number of hydrogen-bond donors (Lipinski definition) is 0. The summed E-state index contributed by atoms with van der Waals surface area (Å²) in [5.74, 6) is -0.521. The van der Waals surface area contributed by atoms with Crippen LogP contribution in [0, 0.1) is 0 Å². The quantitative estimate of drug-likeness (QED) is 0.749. The highest BCUT2D eigenvalue weighted by Gasteiger charge is 2.23. The van der Waals surface area contributed by atoms with E-state index in [0.29, 0.717) is 11.1 Å². The summed E-state index contributed by atoms with van der Waals surface area (Å²) in [5.41, 5.74) is 1.47. The lowest BCUT2D eigenvalue weighted by Crippen LogP contribution is -2.12. The Morgan fingerprint density at radius 2 is 2.17 bits per heavy atom. The fourth-order valence-corrected chi connectivity index (χ4v) is 1.79. The Bertz CT molecular complexity index is 630. The van der Waals surface area contributed by atoms with Gasteiger partial charge in [0.2, 0.25) is 0 Å². The zero-order valence-electron chi connectivity index (χ0n) is 10.1. The van der Waals surface area contributed by atoms with Gasteiger partial charge in [-0.25, -0.2) is 9.59 Å². The van der Waals surface area contributed by atoms with Gasteiger partial charge in [0.15, 0.2) is 0 Å². The SMILES string of the molecule is C/C=C\C=C1/C=Cc2c(C(=O)OC)coc(=O)c21. The molecule has 4 heteroatoms. The van der Waals surface area contributed by atoms with Crippen LogP contribution >= 0.6 is 0 Å². The number of rotatable bonds is 2. The van der Waals surface area contributed by atoms with Gasteiger partial charge in [0.1, 0.15) is 11.8 Å². The molecular formula is C14H12O4. The van der Waals surface area contributed by atoms with Gasteiger partial charge in [-0.15, -0.1) is 0 Å². The van der Waals surface area contributed by atoms with E-state index in [4.69, 9.17) is 4.42 Å². The third kappa shape index (κ3) is 1.93. The van der Waals surface area contributed by atoms with Gasteiger partial charge in [-0.05, 0) is 12.5 Å². The van der Waals surface area contributed by atoms with Gasteiger partial charge in [0.05, 0.1) is 12.7 Å². The highest BCUT2D eigenvalue weighted by molar-refractivity contribution is 6.00. The topological polar surface area (TPSA) is 56.5 Å². The van der Waals surface area contributed by atoms with E-state index in [9.17, 15) is 9.59 Å². The second-order valence-electron chi connectivity index (χ2n) is 3.70. The number of fused-ring (bicyclic) bond motifs is 1. The molecule has 0 radical (unpaired) electrons. The molecule has 0 aromatic carbocycles. The van der Waals surface area contributed by atoms with E-state index in [2.05, 4.69) is 4.74 Å². The molecule has 1 aliphatic carbocycles. The predicted octanol–water partition coefficient (Wildman–Crippen LogP) is 2.41. The van der Waals surface area contributed by atoms with Crippen molar-refractivity contribution in [1.29, 1.82) is 0 Å². The summed E-state index contributed by atoms with van der Waals surface area (Å²) in [6.45, 7) is 1.88. The monoisotopic (exact) mass is 244 g/mol. The van der Waals surface area contributed by atoms with Crippen molar-refractivity contribution in [2.45, 2.75) is 6.92 Å². The van der Waals surface area contributed by atoms with Gasteiger partial charge >= 0.3 is 11.6 Å². The number of hydrogen-bond acceptors (Lipinski definition) is 4. The van der Waals surface area contributed by atoms with E-state index >= 15 is 0 Å². The number of carbonyl (C=O) groups excluding carboxylic acids is 1. The average molecular weight is 244 g/mol. The molecule has 0 bridgehead atoms. The highest BCUT2D eigenvalue weighted by atomic mass is 16.5. The van der Waals surface area contributed by atoms with Crippen molar-refractivity contribution in [1.82, 2.24) is 0 Å². The molecule has 4 nitrogen and oxygen atoms in total. The summed E-state index contributed by atoms with van der Waals surface area (Å²) in [5, 5.41) is 0. The van der Waals surface area contributed by atoms with Gasteiger partial charge in [0, 0.05) is 5.56 Å². The van der Waals surface area contributed by atoms with Crippen LogP contribution < -0.4 is 5.63 Å². The molecule has 0 atom stereocenters. The molecule has 1 aromatic rings. The first-order valence-corrected chi connectivity index (χ1v) is 5.44. The lowest BCUT2D eigenvalue weighted by atomic mass is 10.1. The Hall–Kier alpha value is -2.36. The van der Waals surface area contributed by atoms with Crippen molar-refractivity contribution in [3.63, 3.8) is 0 Å². The molecule has 0 aliphatic heterocycles. The molecule has 18 heavy (non-hydrogen) atoms. The molecule has 0 fully saturated rings. The van der Waals surface area contributed by atoms with Crippen LogP contribution in [0.1, 0.15) is 28.4 Å². The van der Waals surface area contributed by atoms with Crippen molar-refractivity contribution >= 4 is 17.6 Å². The van der Waals surface area contributed by atoms with E-state index in [1.165, 1.54) is 7.11 Å². The minimum Gasteiger partial charge on any atom is -0.465 e. The predicted molar refractivity (Wildman–Crippen MR) is 68.1 cm³/mol. The lowest BCUT2D eigenvalue weighted by molar-refractivity contribution is 0.0597. The third-order valence-electron chi connectivity index (χ3n) is 2.64. The van der Waals surface area contributed by atoms with Crippen LogP contribution in [-0.4, -0.2) is 13.1 Å². The van der Waals surface area contributed by atoms with Crippen molar-refractivity contribution in [3.8, 4) is 0 Å². The van der Waals surface area contributed by atoms with Crippen LogP contribution in [0.15, 0.2) is 39.8 Å². The van der Waals surface area contributed by atoms with Crippen LogP contribution in [0.5, 0.6) is 0 Å². The first-order valence-electron chi connectivity index (χ1n) is 5.44. The van der Waals surface area contributed by atoms with Crippen LogP contribution in [0.2, 0.25) is 0 Å². The van der Waals surface area contributed by atoms with Crippen LogP contribution in [0.25, 0.3) is 11.6 Å². The second kappa shape index (κ2) is 4.87. The molecule has 1 aliphatic rings. The zero-order chi connectivity index (χ0) is 13.1. The Morgan fingerprint density at radius 1 is 1.39 bits per heavy atom. The maximum atomic E-state index is 11.7. The molecular weight excluding hydrogens is 232 g/mol. The summed E-state index contributed by atoms with van der Waals surface area (Å²) in [7, 11) is 1.29. The summed E-state index contributed by atoms with van der Waals surface area (Å²) in [6, 6.07) is 0. The first kappa shape index (κ1) is 12.1.